The fourth-order valence-electron chi connectivity index (χ4n) is 1.57. The number of aromatic hydroxyl groups is 1. The number of hydrogen-bond acceptors (Lipinski definition) is 5. The summed E-state index contributed by atoms with van der Waals surface area (Å²) in [5.41, 5.74) is 0.238. The molecule has 1 rings (SSSR count). The Labute approximate surface area is 113 Å². The van der Waals surface area contributed by atoms with Gasteiger partial charge in [0.1, 0.15) is 18.1 Å². The van der Waals surface area contributed by atoms with E-state index in [1.54, 1.807) is 6.07 Å². The largest absolute Gasteiger partial charge is 0.507 e. The SMILES string of the molecule is CCOC(COc1ccc(O)c(C(C)=O)c1)OCC. The van der Waals surface area contributed by atoms with E-state index in [-0.39, 0.29) is 23.7 Å². The van der Waals surface area contributed by atoms with Gasteiger partial charge in [-0.3, -0.25) is 4.79 Å². The van der Waals surface area contributed by atoms with Crippen molar-refractivity contribution in [2.75, 3.05) is 19.8 Å². The topological polar surface area (TPSA) is 65.0 Å². The summed E-state index contributed by atoms with van der Waals surface area (Å²) in [7, 11) is 0. The van der Waals surface area contributed by atoms with E-state index in [0.717, 1.165) is 0 Å². The highest BCUT2D eigenvalue weighted by Gasteiger charge is 2.11. The van der Waals surface area contributed by atoms with E-state index < -0.39 is 6.29 Å². The number of rotatable bonds is 8. The monoisotopic (exact) mass is 268 g/mol. The van der Waals surface area contributed by atoms with E-state index in [1.165, 1.54) is 19.1 Å². The molecule has 0 heterocycles. The normalized spacial score (nSPS) is 10.7. The third-order valence-electron chi connectivity index (χ3n) is 2.44. The van der Waals surface area contributed by atoms with Crippen molar-refractivity contribution >= 4 is 5.78 Å². The van der Waals surface area contributed by atoms with Crippen LogP contribution in [0.3, 0.4) is 0 Å². The van der Waals surface area contributed by atoms with Gasteiger partial charge in [0.25, 0.3) is 0 Å². The van der Waals surface area contributed by atoms with Crippen molar-refractivity contribution in [3.8, 4) is 11.5 Å². The molecule has 106 valence electrons. The lowest BCUT2D eigenvalue weighted by Gasteiger charge is -2.17. The molecule has 5 heteroatoms. The number of ether oxygens (including phenoxy) is 3. The molecular formula is C14H20O5. The molecule has 0 bridgehead atoms. The average Bonchev–Trinajstić information content (AvgIpc) is 2.37. The standard InChI is InChI=1S/C14H20O5/c1-4-17-14(18-5-2)9-19-11-6-7-13(16)12(8-11)10(3)15/h6-8,14,16H,4-5,9H2,1-3H3. The summed E-state index contributed by atoms with van der Waals surface area (Å²) in [6, 6.07) is 4.53. The molecule has 19 heavy (non-hydrogen) atoms. The molecule has 1 aromatic rings. The predicted octanol–water partition coefficient (Wildman–Crippen LogP) is 2.37. The summed E-state index contributed by atoms with van der Waals surface area (Å²) in [5, 5.41) is 9.53. The van der Waals surface area contributed by atoms with Gasteiger partial charge < -0.3 is 19.3 Å². The second kappa shape index (κ2) is 7.76. The molecule has 0 aromatic heterocycles. The average molecular weight is 268 g/mol. The van der Waals surface area contributed by atoms with Gasteiger partial charge in [0, 0.05) is 13.2 Å². The molecule has 0 spiro atoms. The summed E-state index contributed by atoms with van der Waals surface area (Å²) in [6.45, 7) is 6.43. The van der Waals surface area contributed by atoms with Gasteiger partial charge in [0.15, 0.2) is 12.1 Å². The van der Waals surface area contributed by atoms with Crippen LogP contribution in [0.25, 0.3) is 0 Å². The zero-order chi connectivity index (χ0) is 14.3. The van der Waals surface area contributed by atoms with Gasteiger partial charge in [0.05, 0.1) is 5.56 Å². The van der Waals surface area contributed by atoms with Crippen LogP contribution in [0.15, 0.2) is 18.2 Å². The first kappa shape index (κ1) is 15.5. The maximum atomic E-state index is 11.3. The highest BCUT2D eigenvalue weighted by molar-refractivity contribution is 5.97. The molecule has 0 saturated heterocycles. The fraction of sp³-hybridized carbons (Fsp3) is 0.500. The Hall–Kier alpha value is -1.59. The molecule has 1 aromatic carbocycles. The molecule has 1 N–H and O–H groups in total. The summed E-state index contributed by atoms with van der Waals surface area (Å²) < 4.78 is 16.2. The van der Waals surface area contributed by atoms with Crippen LogP contribution in [0.1, 0.15) is 31.1 Å². The summed E-state index contributed by atoms with van der Waals surface area (Å²) >= 11 is 0. The van der Waals surface area contributed by atoms with Crippen LogP contribution in [0.2, 0.25) is 0 Å². The number of phenols is 1. The molecular weight excluding hydrogens is 248 g/mol. The van der Waals surface area contributed by atoms with Crippen molar-refractivity contribution in [3.05, 3.63) is 23.8 Å². The fourth-order valence-corrected chi connectivity index (χ4v) is 1.57. The summed E-state index contributed by atoms with van der Waals surface area (Å²) in [4.78, 5) is 11.3. The number of phenolic OH excluding ortho intramolecular Hbond substituents is 1. The van der Waals surface area contributed by atoms with Crippen LogP contribution >= 0.6 is 0 Å². The molecule has 0 unspecified atom stereocenters. The Morgan fingerprint density at radius 1 is 1.26 bits per heavy atom. The Morgan fingerprint density at radius 2 is 1.89 bits per heavy atom. The zero-order valence-electron chi connectivity index (χ0n) is 11.5. The van der Waals surface area contributed by atoms with Gasteiger partial charge in [-0.2, -0.15) is 0 Å². The predicted molar refractivity (Wildman–Crippen MR) is 70.6 cm³/mol. The lowest BCUT2D eigenvalue weighted by Crippen LogP contribution is -2.25. The minimum atomic E-state index is -0.440. The molecule has 0 radical (unpaired) electrons. The lowest BCUT2D eigenvalue weighted by atomic mass is 10.1. The van der Waals surface area contributed by atoms with Crippen molar-refractivity contribution in [2.45, 2.75) is 27.1 Å². The van der Waals surface area contributed by atoms with Crippen LogP contribution in [-0.4, -0.2) is 37.0 Å². The maximum absolute atomic E-state index is 11.3. The quantitative estimate of drug-likeness (QED) is 0.579. The first-order valence-electron chi connectivity index (χ1n) is 6.28. The number of benzene rings is 1. The van der Waals surface area contributed by atoms with E-state index >= 15 is 0 Å². The summed E-state index contributed by atoms with van der Waals surface area (Å²) in [6.07, 6.45) is -0.440. The van der Waals surface area contributed by atoms with E-state index in [9.17, 15) is 9.90 Å². The van der Waals surface area contributed by atoms with Gasteiger partial charge in [-0.1, -0.05) is 0 Å². The van der Waals surface area contributed by atoms with Gasteiger partial charge in [-0.05, 0) is 39.0 Å². The minimum absolute atomic E-state index is 0.0500. The Bertz CT molecular complexity index is 410. The van der Waals surface area contributed by atoms with E-state index in [4.69, 9.17) is 14.2 Å². The number of carbonyl (C=O) groups excluding carboxylic acids is 1. The van der Waals surface area contributed by atoms with Crippen molar-refractivity contribution < 1.29 is 24.1 Å². The van der Waals surface area contributed by atoms with E-state index in [2.05, 4.69) is 0 Å². The number of Topliss-reactive ketones (excluding diaryl/α,β-unsaturated/α-hetero) is 1. The Morgan fingerprint density at radius 3 is 2.42 bits per heavy atom. The lowest BCUT2D eigenvalue weighted by molar-refractivity contribution is -0.152. The van der Waals surface area contributed by atoms with E-state index in [1.807, 2.05) is 13.8 Å². The molecule has 0 atom stereocenters. The highest BCUT2D eigenvalue weighted by atomic mass is 16.7. The second-order valence-corrected chi connectivity index (χ2v) is 3.89. The van der Waals surface area contributed by atoms with Crippen LogP contribution < -0.4 is 4.74 Å². The van der Waals surface area contributed by atoms with Gasteiger partial charge in [-0.25, -0.2) is 0 Å². The van der Waals surface area contributed by atoms with Crippen LogP contribution in [0.4, 0.5) is 0 Å². The Balaban J connectivity index is 2.66. The van der Waals surface area contributed by atoms with Crippen LogP contribution in [-0.2, 0) is 9.47 Å². The van der Waals surface area contributed by atoms with Crippen LogP contribution in [0.5, 0.6) is 11.5 Å². The van der Waals surface area contributed by atoms with Crippen LogP contribution in [0, 0.1) is 0 Å². The first-order valence-corrected chi connectivity index (χ1v) is 6.28. The van der Waals surface area contributed by atoms with Gasteiger partial charge in [0.2, 0.25) is 0 Å². The minimum Gasteiger partial charge on any atom is -0.507 e. The van der Waals surface area contributed by atoms with Gasteiger partial charge in [-0.15, -0.1) is 0 Å². The number of hydrogen-bond donors (Lipinski definition) is 1. The van der Waals surface area contributed by atoms with Gasteiger partial charge >= 0.3 is 0 Å². The highest BCUT2D eigenvalue weighted by Crippen LogP contribution is 2.23. The third-order valence-corrected chi connectivity index (χ3v) is 2.44. The molecule has 0 amide bonds. The number of carbonyl (C=O) groups is 1. The molecule has 0 aliphatic rings. The Kier molecular flexibility index (Phi) is 6.32. The molecule has 0 fully saturated rings. The molecule has 5 nitrogen and oxygen atoms in total. The second-order valence-electron chi connectivity index (χ2n) is 3.89. The van der Waals surface area contributed by atoms with Crippen molar-refractivity contribution in [3.63, 3.8) is 0 Å². The smallest absolute Gasteiger partial charge is 0.191 e. The molecule has 0 saturated carbocycles. The first-order chi connectivity index (χ1) is 9.08. The zero-order valence-corrected chi connectivity index (χ0v) is 11.5. The van der Waals surface area contributed by atoms with Crippen molar-refractivity contribution in [2.24, 2.45) is 0 Å². The maximum Gasteiger partial charge on any atom is 0.191 e. The van der Waals surface area contributed by atoms with E-state index in [0.29, 0.717) is 19.0 Å². The van der Waals surface area contributed by atoms with Crippen molar-refractivity contribution in [1.82, 2.24) is 0 Å². The molecule has 0 aliphatic heterocycles. The summed E-state index contributed by atoms with van der Waals surface area (Å²) in [5.74, 6) is 0.229. The molecule has 0 aliphatic carbocycles. The number of ketones is 1. The van der Waals surface area contributed by atoms with Crippen molar-refractivity contribution in [1.29, 1.82) is 0 Å². The third kappa shape index (κ3) is 4.89.